The van der Waals surface area contributed by atoms with Crippen molar-refractivity contribution < 1.29 is 4.79 Å². The van der Waals surface area contributed by atoms with E-state index >= 15 is 0 Å². The summed E-state index contributed by atoms with van der Waals surface area (Å²) in [6.45, 7) is 3.11. The van der Waals surface area contributed by atoms with E-state index in [4.69, 9.17) is 0 Å². The van der Waals surface area contributed by atoms with Crippen LogP contribution in [0.15, 0.2) is 61.9 Å². The van der Waals surface area contributed by atoms with Gasteiger partial charge in [0.15, 0.2) is 0 Å². The number of H-pyrrole nitrogens is 2. The van der Waals surface area contributed by atoms with Gasteiger partial charge in [0.2, 0.25) is 0 Å². The van der Waals surface area contributed by atoms with Crippen LogP contribution in [0.4, 0.5) is 0 Å². The molecule has 0 unspecified atom stereocenters. The topological polar surface area (TPSA) is 139 Å². The van der Waals surface area contributed by atoms with E-state index in [0.717, 1.165) is 0 Å². The van der Waals surface area contributed by atoms with Crippen molar-refractivity contribution in [2.24, 2.45) is 0 Å². The molecule has 0 saturated heterocycles. The lowest BCUT2D eigenvalue weighted by atomic mass is 10.2. The lowest BCUT2D eigenvalue weighted by Crippen LogP contribution is -2.46. The molecule has 0 fully saturated rings. The Balaban J connectivity index is 1.95. The zero-order valence-electron chi connectivity index (χ0n) is 16.5. The number of aryl methyl sites for hydroxylation is 2. The fourth-order valence-corrected chi connectivity index (χ4v) is 2.99. The minimum Gasteiger partial charge on any atom is -0.346 e. The van der Waals surface area contributed by atoms with Gasteiger partial charge in [-0.2, -0.15) is 0 Å². The van der Waals surface area contributed by atoms with Crippen molar-refractivity contribution in [2.45, 2.75) is 33.0 Å². The van der Waals surface area contributed by atoms with E-state index in [-0.39, 0.29) is 19.0 Å². The van der Waals surface area contributed by atoms with Crippen molar-refractivity contribution in [3.05, 3.63) is 101 Å². The normalized spacial score (nSPS) is 10.9. The molecule has 0 radical (unpaired) electrons. The van der Waals surface area contributed by atoms with Crippen LogP contribution >= 0.6 is 0 Å². The van der Waals surface area contributed by atoms with E-state index in [0.29, 0.717) is 16.7 Å². The van der Waals surface area contributed by atoms with Crippen LogP contribution in [-0.4, -0.2) is 31.1 Å². The van der Waals surface area contributed by atoms with Gasteiger partial charge in [-0.1, -0.05) is 18.2 Å². The number of carbonyl (C=O) groups is 1. The molecule has 1 aromatic carbocycles. The highest BCUT2D eigenvalue weighted by Crippen LogP contribution is 2.02. The quantitative estimate of drug-likeness (QED) is 0.502. The molecular formula is C20H21N5O5. The molecule has 0 spiro atoms. The standard InChI is InChI=1S/C20H21N5O5/c1-12-8-24(19(29)22-16(12)26)10-15(21-18(28)14-6-4-3-5-7-14)11-25-9-13(2)17(27)23-20(25)30/h3-9,15H,10-11H2,1-2H3,(H,21,28)(H,22,26,29)(H,23,27,30). The van der Waals surface area contributed by atoms with Crippen LogP contribution in [0.3, 0.4) is 0 Å². The molecule has 0 saturated carbocycles. The van der Waals surface area contributed by atoms with E-state index in [2.05, 4.69) is 15.3 Å². The van der Waals surface area contributed by atoms with Gasteiger partial charge in [0.1, 0.15) is 0 Å². The van der Waals surface area contributed by atoms with E-state index in [1.54, 1.807) is 44.2 Å². The fraction of sp³-hybridized carbons (Fsp3) is 0.250. The zero-order valence-corrected chi connectivity index (χ0v) is 16.5. The summed E-state index contributed by atoms with van der Waals surface area (Å²) in [7, 11) is 0. The number of nitrogens with zero attached hydrogens (tertiary/aromatic N) is 2. The Labute approximate surface area is 169 Å². The predicted molar refractivity (Wildman–Crippen MR) is 110 cm³/mol. The highest BCUT2D eigenvalue weighted by molar-refractivity contribution is 5.94. The molecule has 156 valence electrons. The Morgan fingerprint density at radius 2 is 1.33 bits per heavy atom. The van der Waals surface area contributed by atoms with Crippen LogP contribution in [0.5, 0.6) is 0 Å². The van der Waals surface area contributed by atoms with Crippen molar-refractivity contribution in [1.82, 2.24) is 24.4 Å². The summed E-state index contributed by atoms with van der Waals surface area (Å²) in [5.74, 6) is -0.385. The van der Waals surface area contributed by atoms with E-state index in [1.165, 1.54) is 21.5 Å². The minimum absolute atomic E-state index is 0.000356. The van der Waals surface area contributed by atoms with Gasteiger partial charge in [-0.3, -0.25) is 33.5 Å². The summed E-state index contributed by atoms with van der Waals surface area (Å²) in [6, 6.07) is 7.80. The average Bonchev–Trinajstić information content (AvgIpc) is 2.70. The van der Waals surface area contributed by atoms with Crippen molar-refractivity contribution in [1.29, 1.82) is 0 Å². The number of rotatable bonds is 6. The van der Waals surface area contributed by atoms with Gasteiger partial charge in [0.25, 0.3) is 17.0 Å². The molecule has 0 aliphatic heterocycles. The van der Waals surface area contributed by atoms with Gasteiger partial charge >= 0.3 is 11.4 Å². The predicted octanol–water partition coefficient (Wildman–Crippen LogP) is -0.498. The average molecular weight is 411 g/mol. The molecule has 30 heavy (non-hydrogen) atoms. The first-order valence-electron chi connectivity index (χ1n) is 9.21. The molecule has 0 bridgehead atoms. The first-order chi connectivity index (χ1) is 14.2. The van der Waals surface area contributed by atoms with Crippen LogP contribution in [0, 0.1) is 13.8 Å². The van der Waals surface area contributed by atoms with Gasteiger partial charge in [-0.05, 0) is 26.0 Å². The van der Waals surface area contributed by atoms with E-state index in [1.807, 2.05) is 0 Å². The Kier molecular flexibility index (Phi) is 5.95. The number of hydrogen-bond acceptors (Lipinski definition) is 5. The summed E-state index contributed by atoms with van der Waals surface area (Å²) in [5.41, 5.74) is -1.16. The molecular weight excluding hydrogens is 390 g/mol. The van der Waals surface area contributed by atoms with Gasteiger partial charge in [-0.25, -0.2) is 9.59 Å². The van der Waals surface area contributed by atoms with Crippen molar-refractivity contribution in [3.63, 3.8) is 0 Å². The number of aromatic amines is 2. The summed E-state index contributed by atoms with van der Waals surface area (Å²) in [6.07, 6.45) is 2.79. The Bertz CT molecular complexity index is 1220. The molecule has 0 aliphatic rings. The molecule has 2 heterocycles. The number of aromatic nitrogens is 4. The maximum Gasteiger partial charge on any atom is 0.328 e. The first kappa shape index (κ1) is 20.8. The third kappa shape index (κ3) is 4.72. The molecule has 3 N–H and O–H groups in total. The third-order valence-electron chi connectivity index (χ3n) is 4.58. The maximum absolute atomic E-state index is 12.6. The lowest BCUT2D eigenvalue weighted by Gasteiger charge is -2.21. The monoisotopic (exact) mass is 411 g/mol. The Morgan fingerprint density at radius 1 is 0.867 bits per heavy atom. The fourth-order valence-electron chi connectivity index (χ4n) is 2.99. The van der Waals surface area contributed by atoms with Gasteiger partial charge < -0.3 is 5.32 Å². The van der Waals surface area contributed by atoms with Gasteiger partial charge in [0.05, 0.1) is 6.04 Å². The van der Waals surface area contributed by atoms with Crippen LogP contribution in [0.2, 0.25) is 0 Å². The number of carbonyl (C=O) groups excluding carboxylic acids is 1. The Morgan fingerprint density at radius 3 is 1.80 bits per heavy atom. The summed E-state index contributed by atoms with van der Waals surface area (Å²) in [4.78, 5) is 64.7. The summed E-state index contributed by atoms with van der Waals surface area (Å²) < 4.78 is 2.52. The SMILES string of the molecule is Cc1cn(CC(Cn2cc(C)c(=O)[nH]c2=O)NC(=O)c2ccccc2)c(=O)[nH]c1=O. The van der Waals surface area contributed by atoms with Crippen LogP contribution in [0.25, 0.3) is 0 Å². The lowest BCUT2D eigenvalue weighted by molar-refractivity contribution is 0.0927. The number of amides is 1. The molecule has 10 heteroatoms. The summed E-state index contributed by atoms with van der Waals surface area (Å²) in [5, 5.41) is 2.81. The molecule has 1 amide bonds. The molecule has 3 rings (SSSR count). The minimum atomic E-state index is -0.691. The highest BCUT2D eigenvalue weighted by atomic mass is 16.2. The second kappa shape index (κ2) is 8.60. The largest absolute Gasteiger partial charge is 0.346 e. The highest BCUT2D eigenvalue weighted by Gasteiger charge is 2.17. The van der Waals surface area contributed by atoms with Crippen molar-refractivity contribution in [3.8, 4) is 0 Å². The van der Waals surface area contributed by atoms with Gasteiger partial charge in [-0.15, -0.1) is 0 Å². The van der Waals surface area contributed by atoms with Crippen LogP contribution < -0.4 is 27.8 Å². The summed E-state index contributed by atoms with van der Waals surface area (Å²) >= 11 is 0. The Hall–Kier alpha value is -3.95. The molecule has 0 atom stereocenters. The maximum atomic E-state index is 12.6. The zero-order chi connectivity index (χ0) is 21.8. The van der Waals surface area contributed by atoms with Crippen LogP contribution in [-0.2, 0) is 13.1 Å². The smallest absolute Gasteiger partial charge is 0.328 e. The first-order valence-corrected chi connectivity index (χ1v) is 9.21. The molecule has 3 aromatic rings. The molecule has 2 aromatic heterocycles. The van der Waals surface area contributed by atoms with Crippen molar-refractivity contribution >= 4 is 5.91 Å². The van der Waals surface area contributed by atoms with Gasteiger partial charge in [0, 0.05) is 42.2 Å². The van der Waals surface area contributed by atoms with E-state index < -0.39 is 28.5 Å². The van der Waals surface area contributed by atoms with Crippen molar-refractivity contribution in [2.75, 3.05) is 0 Å². The number of benzene rings is 1. The van der Waals surface area contributed by atoms with Crippen LogP contribution in [0.1, 0.15) is 21.5 Å². The number of hydrogen-bond donors (Lipinski definition) is 3. The molecule has 10 nitrogen and oxygen atoms in total. The second-order valence-electron chi connectivity index (χ2n) is 6.98. The number of nitrogens with one attached hydrogen (secondary N) is 3. The van der Waals surface area contributed by atoms with E-state index in [9.17, 15) is 24.0 Å². The second-order valence-corrected chi connectivity index (χ2v) is 6.98. The molecule has 0 aliphatic carbocycles. The third-order valence-corrected chi connectivity index (χ3v) is 4.58.